The number of rotatable bonds is 6. The van der Waals surface area contributed by atoms with Crippen LogP contribution in [0.5, 0.6) is 0 Å². The van der Waals surface area contributed by atoms with Crippen LogP contribution in [0.2, 0.25) is 0 Å². The highest BCUT2D eigenvalue weighted by atomic mass is 16.5. The molecule has 20 heavy (non-hydrogen) atoms. The van der Waals surface area contributed by atoms with Crippen LogP contribution in [0.15, 0.2) is 24.8 Å². The molecule has 0 bridgehead atoms. The molecule has 2 heteroatoms. The second-order valence-electron chi connectivity index (χ2n) is 7.65. The van der Waals surface area contributed by atoms with Crippen molar-refractivity contribution in [3.63, 3.8) is 0 Å². The van der Waals surface area contributed by atoms with E-state index in [0.717, 1.165) is 6.42 Å². The lowest BCUT2D eigenvalue weighted by molar-refractivity contribution is -0.908. The van der Waals surface area contributed by atoms with Crippen LogP contribution in [0.4, 0.5) is 0 Å². The van der Waals surface area contributed by atoms with E-state index < -0.39 is 0 Å². The van der Waals surface area contributed by atoms with Crippen LogP contribution in [-0.2, 0) is 0 Å². The van der Waals surface area contributed by atoms with E-state index in [-0.39, 0.29) is 16.4 Å². The van der Waals surface area contributed by atoms with E-state index in [1.807, 2.05) is 6.92 Å². The summed E-state index contributed by atoms with van der Waals surface area (Å²) in [5.41, 5.74) is 0.0520. The highest BCUT2D eigenvalue weighted by molar-refractivity contribution is 5.20. The van der Waals surface area contributed by atoms with Crippen molar-refractivity contribution < 1.29 is 5.06 Å². The highest BCUT2D eigenvalue weighted by Crippen LogP contribution is 2.68. The molecule has 2 nitrogen and oxygen atoms in total. The first-order valence-corrected chi connectivity index (χ1v) is 7.88. The van der Waals surface area contributed by atoms with Gasteiger partial charge in [-0.05, 0) is 50.9 Å². The summed E-state index contributed by atoms with van der Waals surface area (Å²) in [6.45, 7) is 20.0. The van der Waals surface area contributed by atoms with Crippen molar-refractivity contribution in [2.75, 3.05) is 6.54 Å². The lowest BCUT2D eigenvalue weighted by Crippen LogP contribution is -3.17. The van der Waals surface area contributed by atoms with E-state index in [1.54, 1.807) is 0 Å². The molecule has 4 atom stereocenters. The van der Waals surface area contributed by atoms with Crippen molar-refractivity contribution in [3.8, 4) is 0 Å². The third-order valence-corrected chi connectivity index (χ3v) is 6.20. The quantitative estimate of drug-likeness (QED) is 0.584. The normalized spacial score (nSPS) is 34.8. The highest BCUT2D eigenvalue weighted by Gasteiger charge is 2.68. The van der Waals surface area contributed by atoms with Crippen molar-refractivity contribution in [1.82, 2.24) is 0 Å². The predicted octanol–water partition coefficient (Wildman–Crippen LogP) is 3.60. The maximum Gasteiger partial charge on any atom is 0.0956 e. The molecule has 1 rings (SSSR count). The first-order valence-electron chi connectivity index (χ1n) is 7.88. The van der Waals surface area contributed by atoms with E-state index >= 15 is 0 Å². The summed E-state index contributed by atoms with van der Waals surface area (Å²) in [7, 11) is 0. The molecule has 4 unspecified atom stereocenters. The van der Waals surface area contributed by atoms with E-state index in [1.165, 1.54) is 0 Å². The molecule has 0 aromatic heterocycles. The van der Waals surface area contributed by atoms with E-state index in [2.05, 4.69) is 66.3 Å². The zero-order chi connectivity index (χ0) is 15.8. The first kappa shape index (κ1) is 17.5. The molecule has 1 N–H and O–H groups in total. The van der Waals surface area contributed by atoms with E-state index in [0.29, 0.717) is 23.4 Å². The van der Waals surface area contributed by atoms with E-state index in [4.69, 9.17) is 0 Å². The van der Waals surface area contributed by atoms with Gasteiger partial charge in [0, 0.05) is 5.92 Å². The van der Waals surface area contributed by atoms with Gasteiger partial charge in [0.1, 0.15) is 0 Å². The summed E-state index contributed by atoms with van der Waals surface area (Å²) >= 11 is 0. The Balaban J connectivity index is 3.22. The molecule has 0 radical (unpaired) electrons. The summed E-state index contributed by atoms with van der Waals surface area (Å²) < 4.78 is 0. The minimum Gasteiger partial charge on any atom is -0.634 e. The second kappa shape index (κ2) is 5.65. The smallest absolute Gasteiger partial charge is 0.0956 e. The van der Waals surface area contributed by atoms with Gasteiger partial charge in [0.15, 0.2) is 0 Å². The maximum absolute atomic E-state index is 12.4. The van der Waals surface area contributed by atoms with Crippen LogP contribution >= 0.6 is 0 Å². The Hall–Kier alpha value is -0.600. The lowest BCUT2D eigenvalue weighted by atomic mass is 9.36. The van der Waals surface area contributed by atoms with Gasteiger partial charge >= 0.3 is 0 Å². The molecule has 0 aromatic rings. The molecule has 1 fully saturated rings. The first-order chi connectivity index (χ1) is 9.11. The van der Waals surface area contributed by atoms with Crippen LogP contribution in [0.3, 0.4) is 0 Å². The molecule has 1 aliphatic carbocycles. The van der Waals surface area contributed by atoms with Crippen molar-refractivity contribution in [1.29, 1.82) is 0 Å². The minimum absolute atomic E-state index is 0.146. The summed E-state index contributed by atoms with van der Waals surface area (Å²) in [4.78, 5) is 0. The van der Waals surface area contributed by atoms with Gasteiger partial charge in [-0.2, -0.15) is 0 Å². The van der Waals surface area contributed by atoms with Crippen LogP contribution in [-0.4, -0.2) is 12.1 Å². The predicted molar refractivity (Wildman–Crippen MR) is 87.4 cm³/mol. The molecule has 116 valence electrons. The summed E-state index contributed by atoms with van der Waals surface area (Å²) in [6, 6.07) is 0. The largest absolute Gasteiger partial charge is 0.634 e. The monoisotopic (exact) mass is 279 g/mol. The summed E-state index contributed by atoms with van der Waals surface area (Å²) in [6.07, 6.45) is 7.48. The lowest BCUT2D eigenvalue weighted by Gasteiger charge is -2.70. The van der Waals surface area contributed by atoms with E-state index in [9.17, 15) is 5.21 Å². The minimum atomic E-state index is -0.278. The Kier molecular flexibility index (Phi) is 4.93. The van der Waals surface area contributed by atoms with Gasteiger partial charge in [0.25, 0.3) is 0 Å². The Labute approximate surface area is 125 Å². The average molecular weight is 279 g/mol. The van der Waals surface area contributed by atoms with Crippen LogP contribution in [0.1, 0.15) is 54.9 Å². The average Bonchev–Trinajstić information content (AvgIpc) is 2.39. The molecular formula is C18H33NO. The molecule has 1 aliphatic rings. The number of nitrogens with one attached hydrogen (secondary N) is 1. The molecular weight excluding hydrogens is 246 g/mol. The maximum atomic E-state index is 12.4. The summed E-state index contributed by atoms with van der Waals surface area (Å²) in [5, 5.41) is 12.8. The van der Waals surface area contributed by atoms with Gasteiger partial charge in [0.2, 0.25) is 0 Å². The SMILES string of the molecule is C=CC1C(C(C)(C)[NH+]([O-])CC)C(C)(C/C=C/C)C1(C)C. The van der Waals surface area contributed by atoms with Crippen LogP contribution < -0.4 is 5.06 Å². The fraction of sp³-hybridized carbons (Fsp3) is 0.778. The fourth-order valence-corrected chi connectivity index (χ4v) is 4.56. The number of quaternary nitrogens is 1. The number of hydrogen-bond donors (Lipinski definition) is 1. The molecule has 0 saturated heterocycles. The van der Waals surface area contributed by atoms with Crippen molar-refractivity contribution in [2.24, 2.45) is 22.7 Å². The fourth-order valence-electron chi connectivity index (χ4n) is 4.56. The van der Waals surface area contributed by atoms with Gasteiger partial charge in [-0.25, -0.2) is 0 Å². The van der Waals surface area contributed by atoms with Gasteiger partial charge in [-0.1, -0.05) is 39.0 Å². The number of hydrogen-bond acceptors (Lipinski definition) is 1. The number of hydroxylamine groups is 2. The molecule has 0 aromatic carbocycles. The van der Waals surface area contributed by atoms with Crippen molar-refractivity contribution >= 4 is 0 Å². The zero-order valence-corrected chi connectivity index (χ0v) is 14.4. The zero-order valence-electron chi connectivity index (χ0n) is 14.4. The van der Waals surface area contributed by atoms with Gasteiger partial charge in [-0.3, -0.25) is 0 Å². The van der Waals surface area contributed by atoms with Crippen molar-refractivity contribution in [3.05, 3.63) is 30.0 Å². The Morgan fingerprint density at radius 1 is 1.30 bits per heavy atom. The third kappa shape index (κ3) is 2.27. The third-order valence-electron chi connectivity index (χ3n) is 6.20. The molecule has 0 amide bonds. The Morgan fingerprint density at radius 2 is 1.85 bits per heavy atom. The van der Waals surface area contributed by atoms with Gasteiger partial charge < -0.3 is 10.3 Å². The summed E-state index contributed by atoms with van der Waals surface area (Å²) in [5.74, 6) is 0.773. The van der Waals surface area contributed by atoms with Crippen molar-refractivity contribution in [2.45, 2.75) is 60.4 Å². The molecule has 0 heterocycles. The van der Waals surface area contributed by atoms with Crippen LogP contribution in [0.25, 0.3) is 0 Å². The second-order valence-corrected chi connectivity index (χ2v) is 7.65. The van der Waals surface area contributed by atoms with Gasteiger partial charge in [-0.15, -0.1) is 6.58 Å². The standard InChI is InChI=1S/C18H33NO/c1-9-12-13-18(8)15(14(10-2)16(18,4)5)17(6,7)19(20)11-3/h9-10,12,14-15,19H,2,11,13H2,1,3-8H3/b12-9+. The van der Waals surface area contributed by atoms with Crippen LogP contribution in [0, 0.1) is 27.9 Å². The van der Waals surface area contributed by atoms with Gasteiger partial charge in [0.05, 0.1) is 12.1 Å². The Morgan fingerprint density at radius 3 is 2.25 bits per heavy atom. The molecule has 1 saturated carbocycles. The topological polar surface area (TPSA) is 27.5 Å². The molecule has 0 spiro atoms. The number of allylic oxidation sites excluding steroid dienone is 3. The Bertz CT molecular complexity index is 383. The molecule has 0 aliphatic heterocycles.